The normalized spacial score (nSPS) is 13.1. The smallest absolute Gasteiger partial charge is 0.0927 e. The molecule has 0 radical (unpaired) electrons. The van der Waals surface area contributed by atoms with E-state index in [9.17, 15) is 0 Å². The molecule has 0 aliphatic rings. The third kappa shape index (κ3) is 7.14. The summed E-state index contributed by atoms with van der Waals surface area (Å²) in [6.45, 7) is 13.6. The van der Waals surface area contributed by atoms with E-state index in [1.165, 1.54) is 10.8 Å². The summed E-state index contributed by atoms with van der Waals surface area (Å²) in [4.78, 5) is 0. The zero-order valence-electron chi connectivity index (χ0n) is 13.9. The van der Waals surface area contributed by atoms with Crippen LogP contribution in [0, 0.1) is 0 Å². The lowest BCUT2D eigenvalue weighted by molar-refractivity contribution is 0.211. The minimum absolute atomic E-state index is 0.763. The number of hydrogen-bond acceptors (Lipinski definition) is 1. The van der Waals surface area contributed by atoms with Crippen molar-refractivity contribution in [3.63, 3.8) is 0 Å². The molecule has 21 heavy (non-hydrogen) atoms. The highest BCUT2D eigenvalue weighted by atomic mass is 28.3. The molecule has 0 fully saturated rings. The van der Waals surface area contributed by atoms with Gasteiger partial charge < -0.3 is 4.74 Å². The van der Waals surface area contributed by atoms with Crippen LogP contribution in [0.25, 0.3) is 6.08 Å². The average Bonchev–Trinajstić information content (AvgIpc) is 2.43. The third-order valence-electron chi connectivity index (χ3n) is 3.23. The maximum atomic E-state index is 5.80. The number of allylic oxidation sites excluding steroid dienone is 4. The molecule has 0 bridgehead atoms. The molecule has 0 aliphatic carbocycles. The molecular formula is C19H28OSi. The van der Waals surface area contributed by atoms with Crippen molar-refractivity contribution in [1.29, 1.82) is 0 Å². The molecule has 0 unspecified atom stereocenters. The van der Waals surface area contributed by atoms with E-state index < -0.39 is 8.07 Å². The van der Waals surface area contributed by atoms with E-state index in [4.69, 9.17) is 4.74 Å². The van der Waals surface area contributed by atoms with E-state index in [1.807, 2.05) is 13.0 Å². The Bertz CT molecular complexity index is 492. The van der Waals surface area contributed by atoms with Crippen LogP contribution in [0.15, 0.2) is 60.0 Å². The Morgan fingerprint density at radius 1 is 1.19 bits per heavy atom. The van der Waals surface area contributed by atoms with Gasteiger partial charge in [-0.2, -0.15) is 0 Å². The molecule has 0 aliphatic heterocycles. The molecule has 1 aromatic rings. The maximum absolute atomic E-state index is 5.80. The quantitative estimate of drug-likeness (QED) is 0.193. The molecule has 114 valence electrons. The van der Waals surface area contributed by atoms with Crippen LogP contribution < -0.4 is 0 Å². The molecule has 0 N–H and O–H groups in total. The summed E-state index contributed by atoms with van der Waals surface area (Å²) in [5, 5.41) is 1.41. The van der Waals surface area contributed by atoms with Crippen molar-refractivity contribution in [1.82, 2.24) is 0 Å². The zero-order valence-corrected chi connectivity index (χ0v) is 14.9. The monoisotopic (exact) mass is 300 g/mol. The fourth-order valence-corrected chi connectivity index (χ4v) is 3.16. The zero-order chi connectivity index (χ0) is 15.7. The molecule has 1 nitrogen and oxygen atoms in total. The molecule has 0 spiro atoms. The fourth-order valence-electron chi connectivity index (χ4n) is 1.92. The minimum Gasteiger partial charge on any atom is -0.498 e. The molecule has 0 amide bonds. The minimum atomic E-state index is -1.40. The lowest BCUT2D eigenvalue weighted by atomic mass is 10.2. The molecule has 1 rings (SSSR count). The van der Waals surface area contributed by atoms with Crippen molar-refractivity contribution < 1.29 is 4.74 Å². The van der Waals surface area contributed by atoms with Gasteiger partial charge >= 0.3 is 0 Å². The van der Waals surface area contributed by atoms with Gasteiger partial charge in [0.1, 0.15) is 0 Å². The number of benzene rings is 1. The van der Waals surface area contributed by atoms with Crippen LogP contribution in [0.3, 0.4) is 0 Å². The molecular weight excluding hydrogens is 272 g/mol. The lowest BCUT2D eigenvalue weighted by Gasteiger charge is -2.19. The van der Waals surface area contributed by atoms with Gasteiger partial charge in [0.2, 0.25) is 0 Å². The summed E-state index contributed by atoms with van der Waals surface area (Å²) in [6, 6.07) is 10.5. The van der Waals surface area contributed by atoms with Crippen LogP contribution in [0.2, 0.25) is 19.6 Å². The van der Waals surface area contributed by atoms with Crippen LogP contribution in [-0.2, 0) is 4.74 Å². The molecule has 2 heteroatoms. The lowest BCUT2D eigenvalue weighted by Crippen LogP contribution is -2.23. The van der Waals surface area contributed by atoms with E-state index >= 15 is 0 Å². The van der Waals surface area contributed by atoms with Gasteiger partial charge in [-0.05, 0) is 31.4 Å². The van der Waals surface area contributed by atoms with Gasteiger partial charge in [0.25, 0.3) is 0 Å². The van der Waals surface area contributed by atoms with Gasteiger partial charge in [0.15, 0.2) is 0 Å². The van der Waals surface area contributed by atoms with Gasteiger partial charge in [0.05, 0.1) is 20.4 Å². The molecule has 0 heterocycles. The largest absolute Gasteiger partial charge is 0.498 e. The summed E-state index contributed by atoms with van der Waals surface area (Å²) in [5.74, 6) is 1.00. The van der Waals surface area contributed by atoms with Crippen LogP contribution in [-0.4, -0.2) is 14.7 Å². The van der Waals surface area contributed by atoms with Gasteiger partial charge in [-0.25, -0.2) is 0 Å². The number of hydrogen-bond donors (Lipinski definition) is 0. The van der Waals surface area contributed by atoms with Crippen LogP contribution in [0.5, 0.6) is 0 Å². The Morgan fingerprint density at radius 3 is 2.43 bits per heavy atom. The number of ether oxygens (including phenoxy) is 1. The van der Waals surface area contributed by atoms with Crippen molar-refractivity contribution in [3.8, 4) is 0 Å². The average molecular weight is 301 g/mol. The van der Waals surface area contributed by atoms with Crippen molar-refractivity contribution in [2.75, 3.05) is 6.61 Å². The Kier molecular flexibility index (Phi) is 7.24. The standard InChI is InChI=1S/C19H28OSi/c1-6-7-11-14-20-17(2)15-19(21(3,4)5)16-18-12-9-8-10-13-18/h6,8-10,12-13,15-16H,1,7,11,14H2,2-5H3/b17-15+,19-16+. The van der Waals surface area contributed by atoms with Gasteiger partial charge in [-0.15, -0.1) is 6.58 Å². The second-order valence-electron chi connectivity index (χ2n) is 6.29. The Balaban J connectivity index is 2.84. The van der Waals surface area contributed by atoms with Crippen molar-refractivity contribution in [3.05, 3.63) is 65.6 Å². The number of rotatable bonds is 8. The first-order valence-corrected chi connectivity index (χ1v) is 11.1. The van der Waals surface area contributed by atoms with E-state index in [1.54, 1.807) is 0 Å². The van der Waals surface area contributed by atoms with Crippen molar-refractivity contribution >= 4 is 14.1 Å². The highest BCUT2D eigenvalue weighted by Crippen LogP contribution is 2.21. The molecule has 0 saturated heterocycles. The van der Waals surface area contributed by atoms with E-state index in [0.29, 0.717) is 0 Å². The maximum Gasteiger partial charge on any atom is 0.0927 e. The molecule has 0 aromatic heterocycles. The first-order chi connectivity index (χ1) is 9.93. The molecule has 0 saturated carbocycles. The van der Waals surface area contributed by atoms with Gasteiger partial charge in [-0.1, -0.05) is 67.3 Å². The van der Waals surface area contributed by atoms with Gasteiger partial charge in [0, 0.05) is 0 Å². The van der Waals surface area contributed by atoms with Crippen LogP contribution in [0.1, 0.15) is 25.3 Å². The highest BCUT2D eigenvalue weighted by Gasteiger charge is 2.18. The van der Waals surface area contributed by atoms with E-state index in [2.05, 4.69) is 68.7 Å². The summed E-state index contributed by atoms with van der Waals surface area (Å²) < 4.78 is 5.80. The van der Waals surface area contributed by atoms with E-state index in [-0.39, 0.29) is 0 Å². The van der Waals surface area contributed by atoms with Crippen molar-refractivity contribution in [2.24, 2.45) is 0 Å². The fraction of sp³-hybridized carbons (Fsp3) is 0.368. The van der Waals surface area contributed by atoms with E-state index in [0.717, 1.165) is 25.2 Å². The molecule has 1 aromatic carbocycles. The molecule has 0 atom stereocenters. The van der Waals surface area contributed by atoms with Crippen molar-refractivity contribution in [2.45, 2.75) is 39.4 Å². The second-order valence-corrected chi connectivity index (χ2v) is 11.4. The Morgan fingerprint density at radius 2 is 1.86 bits per heavy atom. The summed E-state index contributed by atoms with van der Waals surface area (Å²) in [7, 11) is -1.40. The topological polar surface area (TPSA) is 9.23 Å². The van der Waals surface area contributed by atoms with Crippen LogP contribution in [0.4, 0.5) is 0 Å². The predicted octanol–water partition coefficient (Wildman–Crippen LogP) is 5.83. The second kappa shape index (κ2) is 8.68. The SMILES string of the molecule is C=CCCCO/C(C)=C/C(=C\c1ccccc1)[Si](C)(C)C. The Labute approximate surface area is 131 Å². The summed E-state index contributed by atoms with van der Waals surface area (Å²) >= 11 is 0. The predicted molar refractivity (Wildman–Crippen MR) is 96.9 cm³/mol. The Hall–Kier alpha value is -1.54. The first kappa shape index (κ1) is 17.5. The third-order valence-corrected chi connectivity index (χ3v) is 5.25. The van der Waals surface area contributed by atoms with Crippen LogP contribution >= 0.6 is 0 Å². The number of unbranched alkanes of at least 4 members (excludes halogenated alkanes) is 1. The summed E-state index contributed by atoms with van der Waals surface area (Å²) in [6.07, 6.45) is 8.48. The summed E-state index contributed by atoms with van der Waals surface area (Å²) in [5.41, 5.74) is 1.26. The first-order valence-electron chi connectivity index (χ1n) is 7.62. The van der Waals surface area contributed by atoms with Gasteiger partial charge in [-0.3, -0.25) is 0 Å². The highest BCUT2D eigenvalue weighted by molar-refractivity contribution is 6.84.